The average molecular weight is 239 g/mol. The van der Waals surface area contributed by atoms with E-state index in [2.05, 4.69) is 0 Å². The van der Waals surface area contributed by atoms with E-state index >= 15 is 0 Å². The Morgan fingerprint density at radius 1 is 1.21 bits per heavy atom. The third-order valence-electron chi connectivity index (χ3n) is 1.74. The van der Waals surface area contributed by atoms with Crippen LogP contribution in [0.15, 0.2) is 12.1 Å². The first-order valence-electron chi connectivity index (χ1n) is 3.80. The van der Waals surface area contributed by atoms with E-state index in [4.69, 9.17) is 32.7 Å². The highest BCUT2D eigenvalue weighted by Crippen LogP contribution is 2.34. The number of benzene rings is 1. The highest BCUT2D eigenvalue weighted by molar-refractivity contribution is 6.36. The van der Waals surface area contributed by atoms with Crippen LogP contribution in [0.1, 0.15) is 11.9 Å². The van der Waals surface area contributed by atoms with Crippen molar-refractivity contribution in [3.05, 3.63) is 33.6 Å². The summed E-state index contributed by atoms with van der Waals surface area (Å²) < 4.78 is 23.0. The molecule has 0 unspecified atom stereocenters. The Morgan fingerprint density at radius 2 is 1.79 bits per heavy atom. The van der Waals surface area contributed by atoms with E-state index in [1.165, 1.54) is 26.4 Å². The Hall–Kier alpha value is -0.350. The van der Waals surface area contributed by atoms with E-state index in [1.807, 2.05) is 0 Å². The average Bonchev–Trinajstić information content (AvgIpc) is 2.19. The molecule has 14 heavy (non-hydrogen) atoms. The number of rotatable bonds is 3. The van der Waals surface area contributed by atoms with Gasteiger partial charge in [-0.3, -0.25) is 0 Å². The molecule has 0 spiro atoms. The summed E-state index contributed by atoms with van der Waals surface area (Å²) in [6.45, 7) is 0. The van der Waals surface area contributed by atoms with Crippen LogP contribution < -0.4 is 0 Å². The van der Waals surface area contributed by atoms with E-state index in [0.717, 1.165) is 0 Å². The van der Waals surface area contributed by atoms with Crippen LogP contribution in [0.3, 0.4) is 0 Å². The van der Waals surface area contributed by atoms with Crippen LogP contribution in [0.2, 0.25) is 10.0 Å². The molecular weight excluding hydrogens is 230 g/mol. The van der Waals surface area contributed by atoms with Gasteiger partial charge in [0.15, 0.2) is 6.29 Å². The molecule has 0 aliphatic rings. The van der Waals surface area contributed by atoms with Gasteiger partial charge in [-0.2, -0.15) is 0 Å². The quantitative estimate of drug-likeness (QED) is 0.594. The Balaban J connectivity index is 3.23. The maximum Gasteiger partial charge on any atom is 0.186 e. The van der Waals surface area contributed by atoms with Crippen LogP contribution in [0.5, 0.6) is 0 Å². The molecule has 78 valence electrons. The van der Waals surface area contributed by atoms with Crippen molar-refractivity contribution >= 4 is 23.2 Å². The van der Waals surface area contributed by atoms with Crippen LogP contribution in [0.25, 0.3) is 0 Å². The number of halogens is 3. The van der Waals surface area contributed by atoms with Gasteiger partial charge in [0.05, 0.1) is 10.0 Å². The Kier molecular flexibility index (Phi) is 4.13. The lowest BCUT2D eigenvalue weighted by molar-refractivity contribution is -0.106. The zero-order valence-electron chi connectivity index (χ0n) is 7.68. The van der Waals surface area contributed by atoms with Crippen molar-refractivity contribution in [2.45, 2.75) is 6.29 Å². The van der Waals surface area contributed by atoms with Crippen LogP contribution in [-0.4, -0.2) is 14.2 Å². The summed E-state index contributed by atoms with van der Waals surface area (Å²) in [4.78, 5) is 0. The van der Waals surface area contributed by atoms with Crippen LogP contribution in [0.4, 0.5) is 4.39 Å². The van der Waals surface area contributed by atoms with Gasteiger partial charge in [-0.25, -0.2) is 4.39 Å². The molecule has 2 nitrogen and oxygen atoms in total. The molecule has 5 heteroatoms. The van der Waals surface area contributed by atoms with Gasteiger partial charge in [-0.05, 0) is 12.1 Å². The monoisotopic (exact) mass is 238 g/mol. The van der Waals surface area contributed by atoms with E-state index in [-0.39, 0.29) is 5.02 Å². The lowest BCUT2D eigenvalue weighted by Gasteiger charge is -2.16. The first-order valence-corrected chi connectivity index (χ1v) is 4.56. The van der Waals surface area contributed by atoms with Gasteiger partial charge in [0, 0.05) is 19.8 Å². The topological polar surface area (TPSA) is 18.5 Å². The summed E-state index contributed by atoms with van der Waals surface area (Å²) in [6, 6.07) is 2.60. The lowest BCUT2D eigenvalue weighted by Crippen LogP contribution is -2.06. The van der Waals surface area contributed by atoms with E-state index in [1.54, 1.807) is 0 Å². The van der Waals surface area contributed by atoms with Crippen molar-refractivity contribution in [1.82, 2.24) is 0 Å². The van der Waals surface area contributed by atoms with E-state index in [0.29, 0.717) is 10.6 Å². The standard InChI is InChI=1S/C9H9Cl2FO2/c1-13-9(14-2)7-5(10)3-4-6(12)8(7)11/h3-4,9H,1-2H3. The predicted molar refractivity (Wildman–Crippen MR) is 53.2 cm³/mol. The van der Waals surface area contributed by atoms with E-state index in [9.17, 15) is 4.39 Å². The molecule has 1 aromatic rings. The molecular formula is C9H9Cl2FO2. The molecule has 0 bridgehead atoms. The zero-order valence-corrected chi connectivity index (χ0v) is 9.19. The molecule has 0 aromatic heterocycles. The highest BCUT2D eigenvalue weighted by atomic mass is 35.5. The number of hydrogen-bond donors (Lipinski definition) is 0. The van der Waals surface area contributed by atoms with Crippen molar-refractivity contribution in [3.63, 3.8) is 0 Å². The lowest BCUT2D eigenvalue weighted by atomic mass is 10.2. The fourth-order valence-corrected chi connectivity index (χ4v) is 1.64. The molecule has 0 radical (unpaired) electrons. The first-order chi connectivity index (χ1) is 6.61. The fourth-order valence-electron chi connectivity index (χ4n) is 1.09. The Labute approximate surface area is 91.5 Å². The zero-order chi connectivity index (χ0) is 10.7. The summed E-state index contributed by atoms with van der Waals surface area (Å²) in [6.07, 6.45) is -0.759. The normalized spacial score (nSPS) is 11.0. The summed E-state index contributed by atoms with van der Waals surface area (Å²) in [5, 5.41) is 0.233. The molecule has 0 N–H and O–H groups in total. The number of ether oxygens (including phenoxy) is 2. The van der Waals surface area contributed by atoms with Crippen LogP contribution >= 0.6 is 23.2 Å². The summed E-state index contributed by atoms with van der Waals surface area (Å²) in [5.74, 6) is -0.551. The molecule has 1 rings (SSSR count). The van der Waals surface area contributed by atoms with Gasteiger partial charge in [0.2, 0.25) is 0 Å². The van der Waals surface area contributed by atoms with Gasteiger partial charge < -0.3 is 9.47 Å². The third-order valence-corrected chi connectivity index (χ3v) is 2.46. The number of methoxy groups -OCH3 is 2. The predicted octanol–water partition coefficient (Wildman–Crippen LogP) is 3.42. The van der Waals surface area contributed by atoms with Gasteiger partial charge in [-0.15, -0.1) is 0 Å². The first kappa shape index (κ1) is 11.7. The van der Waals surface area contributed by atoms with Crippen molar-refractivity contribution in [2.75, 3.05) is 14.2 Å². The summed E-state index contributed by atoms with van der Waals surface area (Å²) >= 11 is 11.6. The largest absolute Gasteiger partial charge is 0.352 e. The molecule has 0 fully saturated rings. The second-order valence-electron chi connectivity index (χ2n) is 2.56. The van der Waals surface area contributed by atoms with E-state index < -0.39 is 12.1 Å². The molecule has 0 heterocycles. The molecule has 0 atom stereocenters. The van der Waals surface area contributed by atoms with Crippen LogP contribution in [0, 0.1) is 5.82 Å². The van der Waals surface area contributed by atoms with Crippen LogP contribution in [-0.2, 0) is 9.47 Å². The molecule has 0 saturated carbocycles. The molecule has 0 aliphatic heterocycles. The maximum absolute atomic E-state index is 13.1. The fraction of sp³-hybridized carbons (Fsp3) is 0.333. The minimum Gasteiger partial charge on any atom is -0.352 e. The van der Waals surface area contributed by atoms with Gasteiger partial charge in [0.1, 0.15) is 5.82 Å². The van der Waals surface area contributed by atoms with Crippen molar-refractivity contribution in [3.8, 4) is 0 Å². The minimum absolute atomic E-state index is 0.0776. The smallest absolute Gasteiger partial charge is 0.186 e. The summed E-state index contributed by atoms with van der Waals surface area (Å²) in [5.41, 5.74) is 0.304. The maximum atomic E-state index is 13.1. The number of hydrogen-bond acceptors (Lipinski definition) is 2. The molecule has 0 saturated heterocycles. The molecule has 0 aliphatic carbocycles. The second-order valence-corrected chi connectivity index (χ2v) is 3.35. The van der Waals surface area contributed by atoms with Crippen molar-refractivity contribution in [2.24, 2.45) is 0 Å². The Bertz CT molecular complexity index is 327. The van der Waals surface area contributed by atoms with Gasteiger partial charge >= 0.3 is 0 Å². The van der Waals surface area contributed by atoms with Gasteiger partial charge in [0.25, 0.3) is 0 Å². The molecule has 0 amide bonds. The Morgan fingerprint density at radius 3 is 2.29 bits per heavy atom. The summed E-state index contributed by atoms with van der Waals surface area (Å²) in [7, 11) is 2.84. The third kappa shape index (κ3) is 2.17. The van der Waals surface area contributed by atoms with Crippen molar-refractivity contribution < 1.29 is 13.9 Å². The minimum atomic E-state index is -0.759. The second kappa shape index (κ2) is 4.94. The van der Waals surface area contributed by atoms with Gasteiger partial charge in [-0.1, -0.05) is 23.2 Å². The SMILES string of the molecule is COC(OC)c1c(Cl)ccc(F)c1Cl. The molecule has 1 aromatic carbocycles. The highest BCUT2D eigenvalue weighted by Gasteiger charge is 2.19. The van der Waals surface area contributed by atoms with Crippen molar-refractivity contribution in [1.29, 1.82) is 0 Å².